The second-order valence-corrected chi connectivity index (χ2v) is 5.79. The van der Waals surface area contributed by atoms with Crippen molar-refractivity contribution in [3.8, 4) is 5.75 Å². The van der Waals surface area contributed by atoms with Crippen LogP contribution < -0.4 is 10.1 Å². The third-order valence-corrected chi connectivity index (χ3v) is 4.12. The molecular weight excluding hydrogens is 302 g/mol. The molecule has 1 aliphatic rings. The van der Waals surface area contributed by atoms with E-state index in [0.717, 1.165) is 27.6 Å². The molecule has 3 aromatic carbocycles. The molecule has 1 aliphatic heterocycles. The molecule has 0 bridgehead atoms. The molecule has 1 atom stereocenters. The van der Waals surface area contributed by atoms with Gasteiger partial charge in [0.25, 0.3) is 0 Å². The molecular formula is C20H17NO3. The Bertz CT molecular complexity index is 876. The zero-order valence-electron chi connectivity index (χ0n) is 13.1. The van der Waals surface area contributed by atoms with Crippen LogP contribution in [-0.2, 0) is 17.8 Å². The number of benzene rings is 3. The van der Waals surface area contributed by atoms with Gasteiger partial charge in [0, 0.05) is 17.4 Å². The SMILES string of the molecule is O=C(NC1Cc2ccc3ccccc3c2O1)OCc1ccccc1. The molecule has 0 spiro atoms. The standard InChI is InChI=1S/C20H17NO3/c22-20(23-13-14-6-2-1-3-7-14)21-18-12-16-11-10-15-8-4-5-9-17(15)19(16)24-18/h1-11,18H,12-13H2,(H,21,22). The van der Waals surface area contributed by atoms with Crippen molar-refractivity contribution >= 4 is 16.9 Å². The molecule has 4 nitrogen and oxygen atoms in total. The van der Waals surface area contributed by atoms with E-state index in [1.54, 1.807) is 0 Å². The van der Waals surface area contributed by atoms with Gasteiger partial charge < -0.3 is 9.47 Å². The Labute approximate surface area is 140 Å². The van der Waals surface area contributed by atoms with E-state index in [4.69, 9.17) is 9.47 Å². The van der Waals surface area contributed by atoms with E-state index in [0.29, 0.717) is 6.42 Å². The van der Waals surface area contributed by atoms with Gasteiger partial charge in [0.05, 0.1) is 0 Å². The quantitative estimate of drug-likeness (QED) is 0.793. The maximum absolute atomic E-state index is 12.0. The van der Waals surface area contributed by atoms with Crippen molar-refractivity contribution in [1.29, 1.82) is 0 Å². The molecule has 0 saturated carbocycles. The number of hydrogen-bond donors (Lipinski definition) is 1. The molecule has 120 valence electrons. The van der Waals surface area contributed by atoms with Crippen LogP contribution in [0.3, 0.4) is 0 Å². The lowest BCUT2D eigenvalue weighted by Crippen LogP contribution is -2.38. The van der Waals surface area contributed by atoms with Crippen molar-refractivity contribution in [3.05, 3.63) is 77.9 Å². The summed E-state index contributed by atoms with van der Waals surface area (Å²) >= 11 is 0. The first-order valence-corrected chi connectivity index (χ1v) is 7.94. The van der Waals surface area contributed by atoms with Gasteiger partial charge in [-0.1, -0.05) is 66.7 Å². The van der Waals surface area contributed by atoms with Crippen molar-refractivity contribution in [2.75, 3.05) is 0 Å². The number of nitrogens with one attached hydrogen (secondary N) is 1. The first-order valence-electron chi connectivity index (χ1n) is 7.94. The van der Waals surface area contributed by atoms with Gasteiger partial charge in [-0.3, -0.25) is 5.32 Å². The highest BCUT2D eigenvalue weighted by Crippen LogP contribution is 2.35. The van der Waals surface area contributed by atoms with Gasteiger partial charge in [-0.2, -0.15) is 0 Å². The zero-order valence-corrected chi connectivity index (χ0v) is 13.1. The molecule has 1 heterocycles. The second kappa shape index (κ2) is 6.24. The molecule has 0 aromatic heterocycles. The van der Waals surface area contributed by atoms with Crippen molar-refractivity contribution < 1.29 is 14.3 Å². The number of alkyl carbamates (subject to hydrolysis) is 1. The maximum Gasteiger partial charge on any atom is 0.410 e. The fourth-order valence-electron chi connectivity index (χ4n) is 2.95. The highest BCUT2D eigenvalue weighted by molar-refractivity contribution is 5.90. The van der Waals surface area contributed by atoms with Crippen molar-refractivity contribution in [1.82, 2.24) is 5.32 Å². The third-order valence-electron chi connectivity index (χ3n) is 4.12. The molecule has 1 N–H and O–H groups in total. The Morgan fingerprint density at radius 2 is 1.83 bits per heavy atom. The Hall–Kier alpha value is -3.01. The summed E-state index contributed by atoms with van der Waals surface area (Å²) in [5.41, 5.74) is 2.05. The number of fused-ring (bicyclic) bond motifs is 3. The van der Waals surface area contributed by atoms with Crippen LogP contribution in [0.2, 0.25) is 0 Å². The lowest BCUT2D eigenvalue weighted by atomic mass is 10.0. The maximum atomic E-state index is 12.0. The molecule has 1 unspecified atom stereocenters. The van der Waals surface area contributed by atoms with Gasteiger partial charge in [0.1, 0.15) is 12.4 Å². The predicted molar refractivity (Wildman–Crippen MR) is 91.8 cm³/mol. The molecule has 0 saturated heterocycles. The van der Waals surface area contributed by atoms with Gasteiger partial charge in [-0.25, -0.2) is 4.79 Å². The van der Waals surface area contributed by atoms with Gasteiger partial charge >= 0.3 is 6.09 Å². The summed E-state index contributed by atoms with van der Waals surface area (Å²) < 4.78 is 11.2. The average Bonchev–Trinajstić information content (AvgIpc) is 3.04. The Morgan fingerprint density at radius 1 is 1.04 bits per heavy atom. The van der Waals surface area contributed by atoms with Crippen molar-refractivity contribution in [2.24, 2.45) is 0 Å². The summed E-state index contributed by atoms with van der Waals surface area (Å²) in [4.78, 5) is 12.0. The fraction of sp³-hybridized carbons (Fsp3) is 0.150. The number of rotatable bonds is 3. The topological polar surface area (TPSA) is 47.6 Å². The molecule has 3 aromatic rings. The summed E-state index contributed by atoms with van der Waals surface area (Å²) in [6.45, 7) is 0.245. The van der Waals surface area contributed by atoms with Crippen LogP contribution in [0, 0.1) is 0 Å². The minimum atomic E-state index is -0.471. The summed E-state index contributed by atoms with van der Waals surface area (Å²) in [7, 11) is 0. The predicted octanol–water partition coefficient (Wildman–Crippen LogP) is 4.03. The van der Waals surface area contributed by atoms with Crippen LogP contribution in [0.15, 0.2) is 66.7 Å². The number of carbonyl (C=O) groups excluding carboxylic acids is 1. The largest absolute Gasteiger partial charge is 0.469 e. The number of amides is 1. The first-order chi connectivity index (χ1) is 11.8. The molecule has 1 amide bonds. The van der Waals surface area contributed by atoms with E-state index in [-0.39, 0.29) is 6.61 Å². The van der Waals surface area contributed by atoms with Gasteiger partial charge in [0.15, 0.2) is 6.23 Å². The lowest BCUT2D eigenvalue weighted by molar-refractivity contribution is 0.113. The second-order valence-electron chi connectivity index (χ2n) is 5.79. The van der Waals surface area contributed by atoms with Crippen LogP contribution in [0.25, 0.3) is 10.8 Å². The number of carbonyl (C=O) groups is 1. The van der Waals surface area contributed by atoms with Crippen molar-refractivity contribution in [3.63, 3.8) is 0 Å². The molecule has 0 aliphatic carbocycles. The Kier molecular flexibility index (Phi) is 3.79. The Morgan fingerprint density at radius 3 is 2.71 bits per heavy atom. The van der Waals surface area contributed by atoms with Crippen molar-refractivity contribution in [2.45, 2.75) is 19.3 Å². The zero-order chi connectivity index (χ0) is 16.4. The van der Waals surface area contributed by atoms with E-state index < -0.39 is 12.3 Å². The highest BCUT2D eigenvalue weighted by Gasteiger charge is 2.26. The van der Waals surface area contributed by atoms with Crippen LogP contribution in [0.4, 0.5) is 4.79 Å². The van der Waals surface area contributed by atoms with E-state index in [2.05, 4.69) is 17.4 Å². The fourth-order valence-corrected chi connectivity index (χ4v) is 2.95. The molecule has 4 heteroatoms. The number of hydrogen-bond acceptors (Lipinski definition) is 3. The molecule has 4 rings (SSSR count). The number of ether oxygens (including phenoxy) is 2. The summed E-state index contributed by atoms with van der Waals surface area (Å²) in [6.07, 6.45) is -0.226. The van der Waals surface area contributed by atoms with Crippen LogP contribution in [0.5, 0.6) is 5.75 Å². The normalized spacial score (nSPS) is 15.6. The van der Waals surface area contributed by atoms with Crippen LogP contribution in [0.1, 0.15) is 11.1 Å². The molecule has 0 fully saturated rings. The smallest absolute Gasteiger partial charge is 0.410 e. The van der Waals surface area contributed by atoms with E-state index in [9.17, 15) is 4.79 Å². The van der Waals surface area contributed by atoms with E-state index in [1.165, 1.54) is 0 Å². The summed E-state index contributed by atoms with van der Waals surface area (Å²) in [5, 5.41) is 4.97. The minimum Gasteiger partial charge on any atom is -0.469 e. The third kappa shape index (κ3) is 2.91. The summed E-state index contributed by atoms with van der Waals surface area (Å²) in [6, 6.07) is 21.8. The van der Waals surface area contributed by atoms with Gasteiger partial charge in [-0.15, -0.1) is 0 Å². The van der Waals surface area contributed by atoms with Gasteiger partial charge in [-0.05, 0) is 10.9 Å². The van der Waals surface area contributed by atoms with Crippen LogP contribution >= 0.6 is 0 Å². The van der Waals surface area contributed by atoms with E-state index >= 15 is 0 Å². The minimum absolute atomic E-state index is 0.245. The molecule has 24 heavy (non-hydrogen) atoms. The Balaban J connectivity index is 1.40. The average molecular weight is 319 g/mol. The monoisotopic (exact) mass is 319 g/mol. The molecule has 0 radical (unpaired) electrons. The lowest BCUT2D eigenvalue weighted by Gasteiger charge is -2.13. The van der Waals surface area contributed by atoms with E-state index in [1.807, 2.05) is 54.6 Å². The highest BCUT2D eigenvalue weighted by atomic mass is 16.6. The van der Waals surface area contributed by atoms with Gasteiger partial charge in [0.2, 0.25) is 0 Å². The first kappa shape index (κ1) is 14.6. The summed E-state index contributed by atoms with van der Waals surface area (Å²) in [5.74, 6) is 0.849. The van der Waals surface area contributed by atoms with Crippen LogP contribution in [-0.4, -0.2) is 12.3 Å².